The van der Waals surface area contributed by atoms with Crippen molar-refractivity contribution in [2.45, 2.75) is 43.7 Å². The number of carbonyl (C=O) groups excluding carboxylic acids is 2. The van der Waals surface area contributed by atoms with Gasteiger partial charge in [0, 0.05) is 17.6 Å². The molecule has 1 aromatic rings. The summed E-state index contributed by atoms with van der Waals surface area (Å²) in [5, 5.41) is 6.15. The largest absolute Gasteiger partial charge is 0.349 e. The maximum absolute atomic E-state index is 12.6. The van der Waals surface area contributed by atoms with Gasteiger partial charge in [0.15, 0.2) is 0 Å². The Kier molecular flexibility index (Phi) is 4.35. The Bertz CT molecular complexity index is 783. The number of rotatable bonds is 3. The van der Waals surface area contributed by atoms with Crippen LogP contribution >= 0.6 is 0 Å². The van der Waals surface area contributed by atoms with Crippen molar-refractivity contribution in [2.24, 2.45) is 0 Å². The predicted octanol–water partition coefficient (Wildman–Crippen LogP) is 0.721. The fourth-order valence-electron chi connectivity index (χ4n) is 3.13. The van der Waals surface area contributed by atoms with Gasteiger partial charge in [-0.2, -0.15) is 0 Å². The number of sulfonamides is 1. The van der Waals surface area contributed by atoms with Gasteiger partial charge in [-0.3, -0.25) is 9.59 Å². The fraction of sp³-hybridized carbons (Fsp3) is 0.500. The normalized spacial score (nSPS) is 20.3. The zero-order valence-corrected chi connectivity index (χ0v) is 14.5. The first kappa shape index (κ1) is 16.9. The number of fused-ring (bicyclic) bond motifs is 1. The highest BCUT2D eigenvalue weighted by Gasteiger charge is 2.42. The Hall–Kier alpha value is -1.93. The maximum atomic E-state index is 12.6. The highest BCUT2D eigenvalue weighted by atomic mass is 32.2. The molecule has 1 saturated heterocycles. The Labute approximate surface area is 141 Å². The Morgan fingerprint density at radius 2 is 1.96 bits per heavy atom. The van der Waals surface area contributed by atoms with Crippen molar-refractivity contribution in [3.05, 3.63) is 29.3 Å². The summed E-state index contributed by atoms with van der Waals surface area (Å²) in [7, 11) is -3.89. The molecule has 1 aromatic carbocycles. The fourth-order valence-corrected chi connectivity index (χ4v) is 4.93. The van der Waals surface area contributed by atoms with Crippen LogP contribution in [0.1, 0.15) is 47.4 Å². The first-order valence-electron chi connectivity index (χ1n) is 8.07. The first-order chi connectivity index (χ1) is 11.3. The van der Waals surface area contributed by atoms with Crippen LogP contribution in [-0.4, -0.2) is 49.7 Å². The van der Waals surface area contributed by atoms with E-state index in [1.807, 2.05) is 0 Å². The molecule has 2 aliphatic heterocycles. The van der Waals surface area contributed by atoms with Crippen molar-refractivity contribution in [3.8, 4) is 0 Å². The monoisotopic (exact) mass is 351 g/mol. The SMILES string of the molecule is CC(C)N1C(=O)c2ccc(C(=O)NC3CCNCC3)cc2S1(=O)=O. The van der Waals surface area contributed by atoms with E-state index in [9.17, 15) is 18.0 Å². The molecule has 7 nitrogen and oxygen atoms in total. The molecule has 0 radical (unpaired) electrons. The zero-order valence-electron chi connectivity index (χ0n) is 13.7. The standard InChI is InChI=1S/C16H21N3O4S/c1-10(2)19-16(21)13-4-3-11(9-14(13)24(19,22)23)15(20)18-12-5-7-17-8-6-12/h3-4,9-10,12,17H,5-8H2,1-2H3,(H,18,20). The minimum absolute atomic E-state index is 0.0809. The minimum atomic E-state index is -3.89. The van der Waals surface area contributed by atoms with Gasteiger partial charge in [-0.1, -0.05) is 0 Å². The number of amides is 2. The lowest BCUT2D eigenvalue weighted by Crippen LogP contribution is -2.42. The van der Waals surface area contributed by atoms with E-state index in [2.05, 4.69) is 10.6 Å². The summed E-state index contributed by atoms with van der Waals surface area (Å²) in [6.07, 6.45) is 1.68. The van der Waals surface area contributed by atoms with E-state index in [4.69, 9.17) is 0 Å². The number of nitrogens with zero attached hydrogens (tertiary/aromatic N) is 1. The quantitative estimate of drug-likeness (QED) is 0.837. The molecule has 2 aliphatic rings. The van der Waals surface area contributed by atoms with Crippen molar-refractivity contribution in [2.75, 3.05) is 13.1 Å². The molecular weight excluding hydrogens is 330 g/mol. The molecule has 8 heteroatoms. The summed E-state index contributed by atoms with van der Waals surface area (Å²) in [4.78, 5) is 24.6. The van der Waals surface area contributed by atoms with Gasteiger partial charge >= 0.3 is 0 Å². The van der Waals surface area contributed by atoms with E-state index in [-0.39, 0.29) is 28.0 Å². The first-order valence-corrected chi connectivity index (χ1v) is 9.51. The van der Waals surface area contributed by atoms with E-state index in [1.54, 1.807) is 13.8 Å². The number of hydrogen-bond donors (Lipinski definition) is 2. The van der Waals surface area contributed by atoms with Crippen molar-refractivity contribution in [1.29, 1.82) is 0 Å². The summed E-state index contributed by atoms with van der Waals surface area (Å²) in [5.41, 5.74) is 0.386. The lowest BCUT2D eigenvalue weighted by atomic mass is 10.1. The smallest absolute Gasteiger partial charge is 0.269 e. The van der Waals surface area contributed by atoms with Gasteiger partial charge < -0.3 is 10.6 Å². The van der Waals surface area contributed by atoms with Crippen LogP contribution in [0.4, 0.5) is 0 Å². The minimum Gasteiger partial charge on any atom is -0.349 e. The summed E-state index contributed by atoms with van der Waals surface area (Å²) in [5.74, 6) is -0.847. The van der Waals surface area contributed by atoms with Crippen LogP contribution in [0.2, 0.25) is 0 Å². The van der Waals surface area contributed by atoms with E-state index in [0.717, 1.165) is 30.2 Å². The topological polar surface area (TPSA) is 95.6 Å². The van der Waals surface area contributed by atoms with Crippen LogP contribution in [0.25, 0.3) is 0 Å². The molecule has 0 spiro atoms. The van der Waals surface area contributed by atoms with Gasteiger partial charge in [0.1, 0.15) is 4.90 Å². The van der Waals surface area contributed by atoms with Crippen molar-refractivity contribution < 1.29 is 18.0 Å². The van der Waals surface area contributed by atoms with E-state index in [1.165, 1.54) is 18.2 Å². The molecule has 130 valence electrons. The van der Waals surface area contributed by atoms with Crippen LogP contribution in [0.5, 0.6) is 0 Å². The van der Waals surface area contributed by atoms with Gasteiger partial charge in [-0.25, -0.2) is 12.7 Å². The molecule has 0 aromatic heterocycles. The zero-order chi connectivity index (χ0) is 17.5. The number of nitrogens with one attached hydrogen (secondary N) is 2. The van der Waals surface area contributed by atoms with Gasteiger partial charge in [-0.05, 0) is 58.0 Å². The summed E-state index contributed by atoms with van der Waals surface area (Å²) in [6, 6.07) is 3.85. The molecule has 1 fully saturated rings. The number of hydrogen-bond acceptors (Lipinski definition) is 5. The molecule has 2 heterocycles. The van der Waals surface area contributed by atoms with Crippen LogP contribution in [0.3, 0.4) is 0 Å². The van der Waals surface area contributed by atoms with Crippen molar-refractivity contribution >= 4 is 21.8 Å². The molecule has 0 atom stereocenters. The lowest BCUT2D eigenvalue weighted by molar-refractivity contribution is 0.0845. The molecule has 0 bridgehead atoms. The summed E-state index contributed by atoms with van der Waals surface area (Å²) in [6.45, 7) is 4.99. The van der Waals surface area contributed by atoms with Crippen LogP contribution in [0.15, 0.2) is 23.1 Å². The van der Waals surface area contributed by atoms with E-state index in [0.29, 0.717) is 0 Å². The second kappa shape index (κ2) is 6.18. The van der Waals surface area contributed by atoms with Gasteiger partial charge in [0.05, 0.1) is 5.56 Å². The number of carbonyl (C=O) groups is 2. The molecule has 0 saturated carbocycles. The second-order valence-electron chi connectivity index (χ2n) is 6.41. The average Bonchev–Trinajstić information content (AvgIpc) is 2.74. The van der Waals surface area contributed by atoms with Crippen molar-refractivity contribution in [3.63, 3.8) is 0 Å². The third kappa shape index (κ3) is 2.80. The molecular formula is C16H21N3O4S. The van der Waals surface area contributed by atoms with Gasteiger partial charge in [0.25, 0.3) is 21.8 Å². The molecule has 2 amide bonds. The summed E-state index contributed by atoms with van der Waals surface area (Å²) < 4.78 is 26.0. The van der Waals surface area contributed by atoms with E-state index < -0.39 is 22.0 Å². The lowest BCUT2D eigenvalue weighted by Gasteiger charge is -2.23. The van der Waals surface area contributed by atoms with Crippen LogP contribution in [-0.2, 0) is 10.0 Å². The molecule has 24 heavy (non-hydrogen) atoms. The van der Waals surface area contributed by atoms with Gasteiger partial charge in [-0.15, -0.1) is 0 Å². The third-order valence-electron chi connectivity index (χ3n) is 4.35. The van der Waals surface area contributed by atoms with Crippen LogP contribution < -0.4 is 10.6 Å². The summed E-state index contributed by atoms with van der Waals surface area (Å²) >= 11 is 0. The predicted molar refractivity (Wildman–Crippen MR) is 88.3 cm³/mol. The average molecular weight is 351 g/mol. The van der Waals surface area contributed by atoms with Crippen molar-refractivity contribution in [1.82, 2.24) is 14.9 Å². The Morgan fingerprint density at radius 3 is 2.58 bits per heavy atom. The third-order valence-corrected chi connectivity index (χ3v) is 6.35. The number of piperidine rings is 1. The number of benzene rings is 1. The molecule has 2 N–H and O–H groups in total. The molecule has 0 unspecified atom stereocenters. The van der Waals surface area contributed by atoms with Crippen LogP contribution in [0, 0.1) is 0 Å². The van der Waals surface area contributed by atoms with Gasteiger partial charge in [0.2, 0.25) is 0 Å². The maximum Gasteiger partial charge on any atom is 0.269 e. The highest BCUT2D eigenvalue weighted by Crippen LogP contribution is 2.32. The van der Waals surface area contributed by atoms with E-state index >= 15 is 0 Å². The highest BCUT2D eigenvalue weighted by molar-refractivity contribution is 7.90. The Morgan fingerprint density at radius 1 is 1.29 bits per heavy atom. The molecule has 3 rings (SSSR count). The second-order valence-corrected chi connectivity index (χ2v) is 8.19. The molecule has 0 aliphatic carbocycles. The Balaban J connectivity index is 1.89.